The van der Waals surface area contributed by atoms with Gasteiger partial charge in [-0.1, -0.05) is 30.3 Å². The van der Waals surface area contributed by atoms with Crippen molar-refractivity contribution in [1.29, 1.82) is 0 Å². The van der Waals surface area contributed by atoms with Crippen molar-refractivity contribution < 1.29 is 4.79 Å². The quantitative estimate of drug-likeness (QED) is 0.698. The monoisotopic (exact) mass is 409 g/mol. The molecule has 6 heteroatoms. The lowest BCUT2D eigenvalue weighted by Gasteiger charge is -2.32. The van der Waals surface area contributed by atoms with Gasteiger partial charge in [-0.05, 0) is 38.3 Å². The Morgan fingerprint density at radius 1 is 1.17 bits per heavy atom. The molecule has 1 saturated heterocycles. The summed E-state index contributed by atoms with van der Waals surface area (Å²) in [7, 11) is 0. The van der Waals surface area contributed by atoms with Crippen LogP contribution in [-0.2, 0) is 13.1 Å². The van der Waals surface area contributed by atoms with Crippen LogP contribution < -0.4 is 10.9 Å². The molecule has 1 aliphatic heterocycles. The molecule has 0 spiro atoms. The third-order valence-corrected chi connectivity index (χ3v) is 6.80. The Bertz CT molecular complexity index is 1060. The van der Waals surface area contributed by atoms with E-state index in [1.165, 1.54) is 16.9 Å². The number of fused-ring (bicyclic) bond motifs is 1. The molecule has 1 amide bonds. The number of amides is 1. The van der Waals surface area contributed by atoms with Gasteiger partial charge in [0.25, 0.3) is 11.5 Å². The number of hydrogen-bond donors (Lipinski definition) is 1. The van der Waals surface area contributed by atoms with Gasteiger partial charge in [-0.25, -0.2) is 0 Å². The Morgan fingerprint density at radius 2 is 1.90 bits per heavy atom. The number of carbonyl (C=O) groups is 1. The van der Waals surface area contributed by atoms with E-state index in [1.54, 1.807) is 4.57 Å². The summed E-state index contributed by atoms with van der Waals surface area (Å²) in [5.74, 6) is -0.110. The van der Waals surface area contributed by atoms with E-state index in [2.05, 4.69) is 34.5 Å². The predicted molar refractivity (Wildman–Crippen MR) is 119 cm³/mol. The van der Waals surface area contributed by atoms with Crippen LogP contribution in [0.25, 0.3) is 10.1 Å². The van der Waals surface area contributed by atoms with Crippen LogP contribution in [0.4, 0.5) is 0 Å². The Morgan fingerprint density at radius 3 is 2.59 bits per heavy atom. The number of benzene rings is 1. The van der Waals surface area contributed by atoms with Gasteiger partial charge in [-0.3, -0.25) is 14.5 Å². The first-order valence-corrected chi connectivity index (χ1v) is 11.1. The SMILES string of the molecule is CCn1ccc2sc(C)c(C(=O)NC3CCN(Cc4ccccc4)CC3)c2c1=O. The molecule has 29 heavy (non-hydrogen) atoms. The van der Waals surface area contributed by atoms with Crippen molar-refractivity contribution in [2.45, 2.75) is 45.8 Å². The van der Waals surface area contributed by atoms with E-state index in [9.17, 15) is 9.59 Å². The number of rotatable bonds is 5. The van der Waals surface area contributed by atoms with E-state index in [0.717, 1.165) is 42.1 Å². The van der Waals surface area contributed by atoms with Gasteiger partial charge in [-0.2, -0.15) is 0 Å². The van der Waals surface area contributed by atoms with Crippen LogP contribution in [0, 0.1) is 6.92 Å². The lowest BCUT2D eigenvalue weighted by atomic mass is 10.0. The van der Waals surface area contributed by atoms with E-state index in [4.69, 9.17) is 0 Å². The minimum absolute atomic E-state index is 0.0721. The predicted octanol–water partition coefficient (Wildman–Crippen LogP) is 3.79. The average Bonchev–Trinajstić information content (AvgIpc) is 3.07. The first kappa shape index (κ1) is 19.9. The van der Waals surface area contributed by atoms with Gasteiger partial charge in [0.2, 0.25) is 0 Å². The van der Waals surface area contributed by atoms with Gasteiger partial charge < -0.3 is 9.88 Å². The van der Waals surface area contributed by atoms with Crippen molar-refractivity contribution in [2.75, 3.05) is 13.1 Å². The fourth-order valence-electron chi connectivity index (χ4n) is 4.12. The normalized spacial score (nSPS) is 15.7. The van der Waals surface area contributed by atoms with Crippen LogP contribution >= 0.6 is 11.3 Å². The molecule has 4 rings (SSSR count). The zero-order chi connectivity index (χ0) is 20.4. The summed E-state index contributed by atoms with van der Waals surface area (Å²) in [6, 6.07) is 12.6. The summed E-state index contributed by atoms with van der Waals surface area (Å²) in [4.78, 5) is 29.2. The van der Waals surface area contributed by atoms with Crippen LogP contribution in [0.2, 0.25) is 0 Å². The molecule has 0 unspecified atom stereocenters. The van der Waals surface area contributed by atoms with Gasteiger partial charge in [0, 0.05) is 48.0 Å². The summed E-state index contributed by atoms with van der Waals surface area (Å²) in [6.07, 6.45) is 3.67. The van der Waals surface area contributed by atoms with Gasteiger partial charge in [0.1, 0.15) is 0 Å². The number of hydrogen-bond acceptors (Lipinski definition) is 4. The second-order valence-corrected chi connectivity index (χ2v) is 8.95. The smallest absolute Gasteiger partial charge is 0.260 e. The number of nitrogens with one attached hydrogen (secondary N) is 1. The number of aromatic nitrogens is 1. The van der Waals surface area contributed by atoms with Crippen molar-refractivity contribution in [3.05, 3.63) is 69.0 Å². The summed E-state index contributed by atoms with van der Waals surface area (Å²) < 4.78 is 2.55. The molecule has 2 aromatic heterocycles. The molecule has 0 radical (unpaired) electrons. The van der Waals surface area contributed by atoms with Crippen LogP contribution in [-0.4, -0.2) is 34.5 Å². The first-order valence-electron chi connectivity index (χ1n) is 10.3. The molecule has 3 aromatic rings. The zero-order valence-corrected chi connectivity index (χ0v) is 17.8. The Hall–Kier alpha value is -2.44. The number of pyridine rings is 1. The van der Waals surface area contributed by atoms with Crippen LogP contribution in [0.1, 0.15) is 40.6 Å². The topological polar surface area (TPSA) is 54.3 Å². The highest BCUT2D eigenvalue weighted by Gasteiger charge is 2.25. The molecule has 0 aliphatic carbocycles. The lowest BCUT2D eigenvalue weighted by Crippen LogP contribution is -2.44. The van der Waals surface area contributed by atoms with Gasteiger partial charge in [-0.15, -0.1) is 11.3 Å². The lowest BCUT2D eigenvalue weighted by molar-refractivity contribution is 0.0910. The summed E-state index contributed by atoms with van der Waals surface area (Å²) in [6.45, 7) is 7.35. The van der Waals surface area contributed by atoms with Gasteiger partial charge in [0.15, 0.2) is 0 Å². The van der Waals surface area contributed by atoms with E-state index in [0.29, 0.717) is 17.5 Å². The maximum atomic E-state index is 13.1. The molecule has 152 valence electrons. The highest BCUT2D eigenvalue weighted by molar-refractivity contribution is 7.19. The van der Waals surface area contributed by atoms with E-state index >= 15 is 0 Å². The van der Waals surface area contributed by atoms with Crippen molar-refractivity contribution in [2.24, 2.45) is 0 Å². The Balaban J connectivity index is 1.44. The zero-order valence-electron chi connectivity index (χ0n) is 17.0. The number of nitrogens with zero attached hydrogens (tertiary/aromatic N) is 2. The van der Waals surface area contributed by atoms with Crippen LogP contribution in [0.3, 0.4) is 0 Å². The van der Waals surface area contributed by atoms with E-state index < -0.39 is 0 Å². The maximum absolute atomic E-state index is 13.1. The first-order chi connectivity index (χ1) is 14.1. The number of piperidine rings is 1. The van der Waals surface area contributed by atoms with Gasteiger partial charge in [0.05, 0.1) is 10.9 Å². The highest BCUT2D eigenvalue weighted by atomic mass is 32.1. The largest absolute Gasteiger partial charge is 0.349 e. The highest BCUT2D eigenvalue weighted by Crippen LogP contribution is 2.28. The third-order valence-electron chi connectivity index (χ3n) is 5.73. The number of aryl methyl sites for hydroxylation is 2. The van der Waals surface area contributed by atoms with Crippen LogP contribution in [0.15, 0.2) is 47.4 Å². The molecule has 1 aromatic carbocycles. The summed E-state index contributed by atoms with van der Waals surface area (Å²) >= 11 is 1.52. The standard InChI is InChI=1S/C23H27N3O2S/c1-3-26-14-11-19-21(23(26)28)20(16(2)29-19)22(27)24-18-9-12-25(13-10-18)15-17-7-5-4-6-8-17/h4-8,11,14,18H,3,9-10,12-13,15H2,1-2H3,(H,24,27). The van der Waals surface area contributed by atoms with Gasteiger partial charge >= 0.3 is 0 Å². The van der Waals surface area contributed by atoms with Crippen molar-refractivity contribution in [3.63, 3.8) is 0 Å². The molecular formula is C23H27N3O2S. The summed E-state index contributed by atoms with van der Waals surface area (Å²) in [5.41, 5.74) is 1.81. The van der Waals surface area contributed by atoms with Crippen molar-refractivity contribution in [1.82, 2.24) is 14.8 Å². The average molecular weight is 410 g/mol. The maximum Gasteiger partial charge on any atom is 0.260 e. The molecule has 5 nitrogen and oxygen atoms in total. The van der Waals surface area contributed by atoms with E-state index in [-0.39, 0.29) is 17.5 Å². The Kier molecular flexibility index (Phi) is 5.83. The molecule has 1 aliphatic rings. The minimum Gasteiger partial charge on any atom is -0.349 e. The molecule has 1 N–H and O–H groups in total. The second kappa shape index (κ2) is 8.51. The fourth-order valence-corrected chi connectivity index (χ4v) is 5.17. The Labute approximate surface area is 175 Å². The van der Waals surface area contributed by atoms with E-state index in [1.807, 2.05) is 32.2 Å². The molecule has 0 bridgehead atoms. The molecule has 1 fully saturated rings. The molecule has 3 heterocycles. The summed E-state index contributed by atoms with van der Waals surface area (Å²) in [5, 5.41) is 3.76. The fraction of sp³-hybridized carbons (Fsp3) is 0.391. The third kappa shape index (κ3) is 4.14. The van der Waals surface area contributed by atoms with Crippen LogP contribution in [0.5, 0.6) is 0 Å². The van der Waals surface area contributed by atoms with Crippen molar-refractivity contribution in [3.8, 4) is 0 Å². The minimum atomic E-state index is -0.110. The number of likely N-dealkylation sites (tertiary alicyclic amines) is 1. The number of carbonyl (C=O) groups excluding carboxylic acids is 1. The molecular weight excluding hydrogens is 382 g/mol. The van der Waals surface area contributed by atoms with Crippen molar-refractivity contribution >= 4 is 27.3 Å². The number of thiophene rings is 1. The molecule has 0 atom stereocenters. The second-order valence-electron chi connectivity index (χ2n) is 7.69. The molecule has 0 saturated carbocycles.